The molecule has 0 radical (unpaired) electrons. The number of ether oxygens (including phenoxy) is 1. The molecule has 4 aliphatic rings. The number of alkyl halides is 2. The summed E-state index contributed by atoms with van der Waals surface area (Å²) < 4.78 is 29.1. The average Bonchev–Trinajstić information content (AvgIpc) is 3.01. The van der Waals surface area contributed by atoms with Gasteiger partial charge in [-0.3, -0.25) is 12.7 Å². The van der Waals surface area contributed by atoms with Crippen LogP contribution in [0.25, 0.3) is 0 Å². The second kappa shape index (κ2) is 7.97. The van der Waals surface area contributed by atoms with Crippen molar-refractivity contribution in [3.8, 4) is 0 Å². The Labute approximate surface area is 208 Å². The van der Waals surface area contributed by atoms with Crippen molar-refractivity contribution in [2.45, 2.75) is 95.8 Å². The Kier molecular flexibility index (Phi) is 6.23. The zero-order chi connectivity index (χ0) is 23.7. The van der Waals surface area contributed by atoms with Crippen LogP contribution in [0.15, 0.2) is 11.6 Å². The SMILES string of the molecule is CC(C)(OI)O[C@]1(C(=O)CCl)CC[C@H]2[C@@H]3CCC4=CC(=O)CC[C@]4(C)[C@@]3(F)[C@@H](O)C[C@@]21C. The van der Waals surface area contributed by atoms with Gasteiger partial charge in [-0.25, -0.2) is 4.39 Å². The van der Waals surface area contributed by atoms with E-state index in [4.69, 9.17) is 19.4 Å². The lowest BCUT2D eigenvalue weighted by atomic mass is 9.44. The molecule has 4 aliphatic carbocycles. The van der Waals surface area contributed by atoms with Crippen LogP contribution in [0.2, 0.25) is 0 Å². The summed E-state index contributed by atoms with van der Waals surface area (Å²) in [5.41, 5.74) is -3.94. The van der Waals surface area contributed by atoms with Crippen LogP contribution in [0.4, 0.5) is 4.39 Å². The van der Waals surface area contributed by atoms with E-state index in [1.54, 1.807) is 42.9 Å². The summed E-state index contributed by atoms with van der Waals surface area (Å²) in [6, 6.07) is 0. The van der Waals surface area contributed by atoms with Gasteiger partial charge in [-0.15, -0.1) is 11.6 Å². The predicted octanol–water partition coefficient (Wildman–Crippen LogP) is 5.25. The Bertz CT molecular complexity index is 863. The topological polar surface area (TPSA) is 72.8 Å². The molecular formula is C24H33ClFIO5. The number of allylic oxidation sites excluding steroid dienone is 1. The lowest BCUT2D eigenvalue weighted by molar-refractivity contribution is -0.272. The van der Waals surface area contributed by atoms with Gasteiger partial charge in [0.1, 0.15) is 34.3 Å². The number of hydrogen-bond acceptors (Lipinski definition) is 5. The van der Waals surface area contributed by atoms with Gasteiger partial charge in [-0.1, -0.05) is 19.4 Å². The van der Waals surface area contributed by atoms with Crippen LogP contribution in [0.3, 0.4) is 0 Å². The summed E-state index contributed by atoms with van der Waals surface area (Å²) in [6.07, 6.45) is 3.35. The number of ketones is 2. The molecule has 0 aromatic rings. The zero-order valence-corrected chi connectivity index (χ0v) is 22.1. The summed E-state index contributed by atoms with van der Waals surface area (Å²) in [5, 5.41) is 11.5. The Morgan fingerprint density at radius 2 is 1.97 bits per heavy atom. The third-order valence-electron chi connectivity index (χ3n) is 9.34. The Hall–Kier alpha value is -0.0900. The fourth-order valence-corrected chi connectivity index (χ4v) is 8.09. The summed E-state index contributed by atoms with van der Waals surface area (Å²) in [4.78, 5) is 25.4. The lowest BCUT2D eigenvalue weighted by Gasteiger charge is -2.64. The fourth-order valence-electron chi connectivity index (χ4n) is 7.78. The minimum atomic E-state index is -1.85. The number of carbonyl (C=O) groups is 2. The molecule has 32 heavy (non-hydrogen) atoms. The molecule has 180 valence electrons. The number of aliphatic hydroxyl groups excluding tert-OH is 1. The molecule has 0 unspecified atom stereocenters. The highest BCUT2D eigenvalue weighted by Gasteiger charge is 2.75. The van der Waals surface area contributed by atoms with E-state index in [1.807, 2.05) is 13.8 Å². The molecule has 7 atom stereocenters. The first-order valence-corrected chi connectivity index (χ1v) is 12.9. The van der Waals surface area contributed by atoms with E-state index in [2.05, 4.69) is 0 Å². The molecule has 8 heteroatoms. The van der Waals surface area contributed by atoms with Crippen molar-refractivity contribution < 1.29 is 26.9 Å². The molecule has 3 saturated carbocycles. The number of carbonyl (C=O) groups excluding carboxylic acids is 2. The number of fused-ring (bicyclic) bond motifs is 5. The van der Waals surface area contributed by atoms with E-state index in [9.17, 15) is 14.7 Å². The van der Waals surface area contributed by atoms with E-state index in [0.717, 1.165) is 5.57 Å². The van der Waals surface area contributed by atoms with Crippen molar-refractivity contribution in [3.05, 3.63) is 11.6 Å². The van der Waals surface area contributed by atoms with Gasteiger partial charge in [-0.2, -0.15) is 0 Å². The molecule has 3 fully saturated rings. The van der Waals surface area contributed by atoms with Crippen molar-refractivity contribution in [3.63, 3.8) is 0 Å². The molecule has 0 heterocycles. The van der Waals surface area contributed by atoms with E-state index in [1.165, 1.54) is 0 Å². The fraction of sp³-hybridized carbons (Fsp3) is 0.833. The Balaban J connectivity index is 1.80. The minimum absolute atomic E-state index is 0.0386. The van der Waals surface area contributed by atoms with Crippen LogP contribution in [-0.2, 0) is 17.4 Å². The van der Waals surface area contributed by atoms with Crippen molar-refractivity contribution in [1.82, 2.24) is 0 Å². The highest BCUT2D eigenvalue weighted by atomic mass is 127. The van der Waals surface area contributed by atoms with Crippen LogP contribution < -0.4 is 0 Å². The van der Waals surface area contributed by atoms with E-state index >= 15 is 4.39 Å². The van der Waals surface area contributed by atoms with Crippen molar-refractivity contribution >= 4 is 46.2 Å². The summed E-state index contributed by atoms with van der Waals surface area (Å²) >= 11 is 7.83. The largest absolute Gasteiger partial charge is 0.390 e. The van der Waals surface area contributed by atoms with E-state index in [-0.39, 0.29) is 29.8 Å². The van der Waals surface area contributed by atoms with Crippen LogP contribution in [-0.4, -0.2) is 45.7 Å². The van der Waals surface area contributed by atoms with Gasteiger partial charge in [0.2, 0.25) is 0 Å². The number of hydrogen-bond donors (Lipinski definition) is 1. The molecule has 0 aromatic carbocycles. The Morgan fingerprint density at radius 3 is 2.59 bits per heavy atom. The standard InChI is InChI=1S/C24H33ClFIO5/c1-20(2,32-27)31-23(19(30)13-25)10-8-16-17-6-5-14-11-15(28)7-9-21(14,3)24(17,26)18(29)12-22(16,23)4/h11,16-18,29H,5-10,12-13H2,1-4H3/t16-,17-,18-,21-,22-,23-,24-/m0/s1. The highest BCUT2D eigenvalue weighted by molar-refractivity contribution is 14.1. The number of aliphatic hydroxyl groups is 1. The van der Waals surface area contributed by atoms with E-state index in [0.29, 0.717) is 38.5 Å². The molecule has 0 bridgehead atoms. The molecule has 0 aliphatic heterocycles. The number of rotatable bonds is 5. The molecular weight excluding hydrogens is 550 g/mol. The molecule has 5 nitrogen and oxygen atoms in total. The summed E-state index contributed by atoms with van der Waals surface area (Å²) in [5.74, 6) is -2.04. The first kappa shape index (κ1) is 25.0. The van der Waals surface area contributed by atoms with Gasteiger partial charge in [-0.05, 0) is 64.4 Å². The molecule has 0 spiro atoms. The monoisotopic (exact) mass is 582 g/mol. The normalized spacial score (nSPS) is 46.2. The van der Waals surface area contributed by atoms with Gasteiger partial charge < -0.3 is 9.84 Å². The third kappa shape index (κ3) is 3.16. The van der Waals surface area contributed by atoms with Crippen LogP contribution in [0.5, 0.6) is 0 Å². The maximum absolute atomic E-state index is 17.2. The summed E-state index contributed by atoms with van der Waals surface area (Å²) in [7, 11) is 0. The lowest BCUT2D eigenvalue weighted by Crippen LogP contribution is -2.70. The first-order valence-electron chi connectivity index (χ1n) is 11.5. The number of halogens is 3. The minimum Gasteiger partial charge on any atom is -0.390 e. The summed E-state index contributed by atoms with van der Waals surface area (Å²) in [6.45, 7) is 7.32. The molecule has 4 rings (SSSR count). The molecule has 0 amide bonds. The quantitative estimate of drug-likeness (QED) is 0.273. The second-order valence-electron chi connectivity index (χ2n) is 11.1. The maximum Gasteiger partial charge on any atom is 0.179 e. The van der Waals surface area contributed by atoms with Gasteiger partial charge in [0.15, 0.2) is 17.4 Å². The second-order valence-corrected chi connectivity index (χ2v) is 11.8. The van der Waals surface area contributed by atoms with Gasteiger partial charge in [0.25, 0.3) is 0 Å². The first-order chi connectivity index (χ1) is 14.8. The molecule has 0 aromatic heterocycles. The van der Waals surface area contributed by atoms with Gasteiger partial charge in [0, 0.05) is 23.2 Å². The average molecular weight is 583 g/mol. The van der Waals surface area contributed by atoms with E-state index < -0.39 is 39.9 Å². The van der Waals surface area contributed by atoms with Crippen LogP contribution in [0, 0.1) is 22.7 Å². The van der Waals surface area contributed by atoms with Crippen molar-refractivity contribution in [2.75, 3.05) is 5.88 Å². The predicted molar refractivity (Wildman–Crippen MR) is 127 cm³/mol. The number of Topliss-reactive ketones (excluding diaryl/α,β-unsaturated/α-hetero) is 1. The maximum atomic E-state index is 17.2. The molecule has 0 saturated heterocycles. The van der Waals surface area contributed by atoms with Crippen LogP contribution in [0.1, 0.15) is 72.6 Å². The smallest absolute Gasteiger partial charge is 0.179 e. The van der Waals surface area contributed by atoms with Gasteiger partial charge in [0.05, 0.1) is 12.0 Å². The van der Waals surface area contributed by atoms with Crippen molar-refractivity contribution in [1.29, 1.82) is 0 Å². The third-order valence-corrected chi connectivity index (χ3v) is 10.6. The molecule has 1 N–H and O–H groups in total. The van der Waals surface area contributed by atoms with Crippen LogP contribution >= 0.6 is 34.6 Å². The zero-order valence-electron chi connectivity index (χ0n) is 19.2. The van der Waals surface area contributed by atoms with Crippen molar-refractivity contribution in [2.24, 2.45) is 22.7 Å². The highest BCUT2D eigenvalue weighted by Crippen LogP contribution is 2.71. The van der Waals surface area contributed by atoms with Gasteiger partial charge >= 0.3 is 0 Å². The Morgan fingerprint density at radius 1 is 1.28 bits per heavy atom.